The summed E-state index contributed by atoms with van der Waals surface area (Å²) in [5.74, 6) is 1.68. The van der Waals surface area contributed by atoms with Crippen LogP contribution in [0.2, 0.25) is 0 Å². The molecule has 0 aliphatic carbocycles. The molecule has 0 N–H and O–H groups in total. The highest BCUT2D eigenvalue weighted by molar-refractivity contribution is 7.13. The van der Waals surface area contributed by atoms with Crippen molar-refractivity contribution in [3.8, 4) is 33.2 Å². The van der Waals surface area contributed by atoms with E-state index >= 15 is 0 Å². The molecule has 3 nitrogen and oxygen atoms in total. The first kappa shape index (κ1) is 13.6. The molecule has 1 heterocycles. The zero-order chi connectivity index (χ0) is 14.7. The van der Waals surface area contributed by atoms with Crippen LogP contribution in [0.15, 0.2) is 48.5 Å². The highest BCUT2D eigenvalue weighted by Crippen LogP contribution is 2.35. The van der Waals surface area contributed by atoms with Crippen LogP contribution in [0.25, 0.3) is 21.7 Å². The van der Waals surface area contributed by atoms with Gasteiger partial charge in [-0.25, -0.2) is 4.98 Å². The molecule has 0 bridgehead atoms. The van der Waals surface area contributed by atoms with Gasteiger partial charge in [-0.1, -0.05) is 0 Å². The topological polar surface area (TPSA) is 31.4 Å². The van der Waals surface area contributed by atoms with Crippen molar-refractivity contribution in [3.05, 3.63) is 54.0 Å². The van der Waals surface area contributed by atoms with E-state index in [2.05, 4.69) is 10.5 Å². The van der Waals surface area contributed by atoms with Gasteiger partial charge in [0.25, 0.3) is 0 Å². The summed E-state index contributed by atoms with van der Waals surface area (Å²) < 4.78 is 10.4. The third kappa shape index (κ3) is 2.76. The third-order valence-electron chi connectivity index (χ3n) is 3.24. The SMILES string of the molecule is COc1ccc(-c2n[c]sc2-c2ccc(OC)cc2)cc1. The quantitative estimate of drug-likeness (QED) is 0.719. The second-order valence-corrected chi connectivity index (χ2v) is 5.23. The summed E-state index contributed by atoms with van der Waals surface area (Å²) in [6.07, 6.45) is 0. The van der Waals surface area contributed by atoms with E-state index in [9.17, 15) is 0 Å². The molecule has 0 fully saturated rings. The van der Waals surface area contributed by atoms with Crippen LogP contribution >= 0.6 is 11.3 Å². The molecule has 0 aliphatic rings. The zero-order valence-electron chi connectivity index (χ0n) is 11.8. The van der Waals surface area contributed by atoms with Crippen LogP contribution in [0.3, 0.4) is 0 Å². The molecule has 21 heavy (non-hydrogen) atoms. The predicted octanol–water partition coefficient (Wildman–Crippen LogP) is 4.29. The molecule has 2 aromatic carbocycles. The number of benzene rings is 2. The zero-order valence-corrected chi connectivity index (χ0v) is 12.6. The molecule has 0 amide bonds. The van der Waals surface area contributed by atoms with E-state index in [0.29, 0.717) is 0 Å². The van der Waals surface area contributed by atoms with Crippen LogP contribution < -0.4 is 9.47 Å². The Balaban J connectivity index is 1.99. The van der Waals surface area contributed by atoms with Gasteiger partial charge < -0.3 is 9.47 Å². The Labute approximate surface area is 127 Å². The third-order valence-corrected chi connectivity index (χ3v) is 4.05. The number of nitrogens with zero attached hydrogens (tertiary/aromatic N) is 1. The normalized spacial score (nSPS) is 10.4. The Bertz CT molecular complexity index is 655. The van der Waals surface area contributed by atoms with Crippen LogP contribution in [-0.4, -0.2) is 19.2 Å². The maximum absolute atomic E-state index is 5.19. The van der Waals surface area contributed by atoms with Crippen molar-refractivity contribution in [3.63, 3.8) is 0 Å². The Morgan fingerprint density at radius 3 is 1.86 bits per heavy atom. The summed E-state index contributed by atoms with van der Waals surface area (Å²) in [5, 5.41) is 0. The monoisotopic (exact) mass is 296 g/mol. The minimum Gasteiger partial charge on any atom is -0.497 e. The summed E-state index contributed by atoms with van der Waals surface area (Å²) in [6.45, 7) is 0. The number of methoxy groups -OCH3 is 2. The average Bonchev–Trinajstić information content (AvgIpc) is 3.04. The molecule has 3 rings (SSSR count). The molecule has 0 unspecified atom stereocenters. The van der Waals surface area contributed by atoms with Gasteiger partial charge in [0.1, 0.15) is 11.5 Å². The van der Waals surface area contributed by atoms with Crippen LogP contribution in [0.5, 0.6) is 11.5 Å². The van der Waals surface area contributed by atoms with Gasteiger partial charge in [-0.05, 0) is 54.1 Å². The van der Waals surface area contributed by atoms with Crippen molar-refractivity contribution in [2.75, 3.05) is 14.2 Å². The van der Waals surface area contributed by atoms with Gasteiger partial charge >= 0.3 is 0 Å². The molecule has 0 spiro atoms. The molecule has 105 valence electrons. The fourth-order valence-corrected chi connectivity index (χ4v) is 2.84. The minimum absolute atomic E-state index is 0.837. The van der Waals surface area contributed by atoms with Crippen LogP contribution in [0.1, 0.15) is 0 Å². The van der Waals surface area contributed by atoms with Crippen LogP contribution in [0, 0.1) is 5.51 Å². The Kier molecular flexibility index (Phi) is 3.88. The largest absolute Gasteiger partial charge is 0.497 e. The first-order valence-electron chi connectivity index (χ1n) is 6.47. The Hall–Kier alpha value is -2.33. The molecule has 1 radical (unpaired) electrons. The van der Waals surface area contributed by atoms with E-state index < -0.39 is 0 Å². The highest BCUT2D eigenvalue weighted by atomic mass is 32.1. The molecule has 0 atom stereocenters. The predicted molar refractivity (Wildman–Crippen MR) is 84.9 cm³/mol. The van der Waals surface area contributed by atoms with Crippen LogP contribution in [-0.2, 0) is 0 Å². The van der Waals surface area contributed by atoms with Gasteiger partial charge in [0.15, 0.2) is 5.51 Å². The summed E-state index contributed by atoms with van der Waals surface area (Å²) in [4.78, 5) is 5.48. The summed E-state index contributed by atoms with van der Waals surface area (Å²) in [5.41, 5.74) is 6.09. The lowest BCUT2D eigenvalue weighted by molar-refractivity contribution is 0.414. The number of rotatable bonds is 4. The standard InChI is InChI=1S/C17H14NO2S/c1-19-14-7-3-12(4-8-14)16-17(21-11-18-16)13-5-9-15(20-2)10-6-13/h3-10H,1-2H3. The first-order chi connectivity index (χ1) is 10.3. The second-order valence-electron chi connectivity index (χ2n) is 4.44. The maximum Gasteiger partial charge on any atom is 0.153 e. The van der Waals surface area contributed by atoms with Gasteiger partial charge in [0.05, 0.1) is 24.8 Å². The van der Waals surface area contributed by atoms with Gasteiger partial charge in [-0.3, -0.25) is 0 Å². The van der Waals surface area contributed by atoms with Crippen molar-refractivity contribution < 1.29 is 9.47 Å². The minimum atomic E-state index is 0.837. The molecular formula is C17H14NO2S. The summed E-state index contributed by atoms with van der Waals surface area (Å²) >= 11 is 1.51. The van der Waals surface area contributed by atoms with E-state index in [-0.39, 0.29) is 0 Å². The van der Waals surface area contributed by atoms with E-state index in [1.165, 1.54) is 11.3 Å². The summed E-state index contributed by atoms with van der Waals surface area (Å²) in [6, 6.07) is 15.9. The lowest BCUT2D eigenvalue weighted by atomic mass is 10.1. The van der Waals surface area contributed by atoms with Crippen molar-refractivity contribution in [2.24, 2.45) is 0 Å². The number of ether oxygens (including phenoxy) is 2. The molecule has 3 aromatic rings. The summed E-state index contributed by atoms with van der Waals surface area (Å²) in [7, 11) is 3.33. The van der Waals surface area contributed by atoms with Crippen molar-refractivity contribution in [2.45, 2.75) is 0 Å². The Morgan fingerprint density at radius 1 is 0.810 bits per heavy atom. The van der Waals surface area contributed by atoms with Gasteiger partial charge in [0.2, 0.25) is 0 Å². The fraction of sp³-hybridized carbons (Fsp3) is 0.118. The second kappa shape index (κ2) is 5.97. The lowest BCUT2D eigenvalue weighted by Gasteiger charge is -2.05. The smallest absolute Gasteiger partial charge is 0.153 e. The van der Waals surface area contributed by atoms with Crippen LogP contribution in [0.4, 0.5) is 0 Å². The van der Waals surface area contributed by atoms with Crippen molar-refractivity contribution in [1.82, 2.24) is 4.98 Å². The first-order valence-corrected chi connectivity index (χ1v) is 7.29. The van der Waals surface area contributed by atoms with E-state index in [1.54, 1.807) is 14.2 Å². The highest BCUT2D eigenvalue weighted by Gasteiger charge is 2.11. The molecule has 0 aliphatic heterocycles. The molecule has 0 saturated carbocycles. The van der Waals surface area contributed by atoms with Gasteiger partial charge in [-0.15, -0.1) is 11.3 Å². The van der Waals surface area contributed by atoms with E-state index in [4.69, 9.17) is 9.47 Å². The fourth-order valence-electron chi connectivity index (χ4n) is 2.10. The van der Waals surface area contributed by atoms with E-state index in [1.807, 2.05) is 48.5 Å². The number of aromatic nitrogens is 1. The maximum atomic E-state index is 5.19. The van der Waals surface area contributed by atoms with Gasteiger partial charge in [-0.2, -0.15) is 0 Å². The average molecular weight is 296 g/mol. The molecule has 4 heteroatoms. The van der Waals surface area contributed by atoms with Gasteiger partial charge in [0, 0.05) is 5.56 Å². The lowest BCUT2D eigenvalue weighted by Crippen LogP contribution is -1.85. The number of hydrogen-bond donors (Lipinski definition) is 0. The number of thiazole rings is 1. The molecule has 1 aromatic heterocycles. The molecular weight excluding hydrogens is 282 g/mol. The van der Waals surface area contributed by atoms with Crippen molar-refractivity contribution in [1.29, 1.82) is 0 Å². The van der Waals surface area contributed by atoms with E-state index in [0.717, 1.165) is 33.2 Å². The number of hydrogen-bond acceptors (Lipinski definition) is 4. The molecule has 0 saturated heterocycles. The van der Waals surface area contributed by atoms with Crippen molar-refractivity contribution >= 4 is 11.3 Å². The Morgan fingerprint density at radius 2 is 1.33 bits per heavy atom.